The van der Waals surface area contributed by atoms with Crippen LogP contribution in [0.5, 0.6) is 0 Å². The van der Waals surface area contributed by atoms with Crippen LogP contribution in [0.3, 0.4) is 0 Å². The Kier molecular flexibility index (Phi) is 27.9. The third-order valence-electron chi connectivity index (χ3n) is 10.6. The van der Waals surface area contributed by atoms with Crippen LogP contribution in [0.15, 0.2) is 55.5 Å². The number of aliphatic hydroxyl groups is 1. The molecule has 2 atom stereocenters. The van der Waals surface area contributed by atoms with Crippen molar-refractivity contribution in [2.24, 2.45) is 0 Å². The first-order chi connectivity index (χ1) is 30.8. The number of aromatic nitrogens is 5. The SMILES string of the molecule is CCCCCCCCCCCC(=O)OCC(COC(=O)CCCCCCCCCCC)OC(=O)/C=C/C(=O)O.C[C@@H](c1ncncc1F)C(O)(Cn1cncn1)c1ccc(F)cc1F. The normalized spacial score (nSPS) is 12.6. The van der Waals surface area contributed by atoms with Crippen LogP contribution in [-0.4, -0.2) is 78.1 Å². The summed E-state index contributed by atoms with van der Waals surface area (Å²) >= 11 is 0. The highest BCUT2D eigenvalue weighted by Crippen LogP contribution is 2.39. The van der Waals surface area contributed by atoms with Crippen molar-refractivity contribution in [1.29, 1.82) is 0 Å². The van der Waals surface area contributed by atoms with Gasteiger partial charge in [0.25, 0.3) is 0 Å². The van der Waals surface area contributed by atoms with Gasteiger partial charge in [0.2, 0.25) is 0 Å². The third-order valence-corrected chi connectivity index (χ3v) is 10.6. The predicted molar refractivity (Wildman–Crippen MR) is 233 cm³/mol. The second-order valence-electron chi connectivity index (χ2n) is 15.9. The van der Waals surface area contributed by atoms with Crippen LogP contribution in [0.25, 0.3) is 0 Å². The molecular formula is C47H68F3N5O9. The van der Waals surface area contributed by atoms with Crippen molar-refractivity contribution >= 4 is 23.9 Å². The van der Waals surface area contributed by atoms with E-state index in [2.05, 4.69) is 33.9 Å². The standard InChI is InChI=1S/C31H54O8.C16H14F3N5O/c1-3-5-7-9-11-13-15-17-19-21-29(34)37-25-27(39-31(36)24-23-28(32)33)26-38-30(35)22-20-18-16-14-12-10-8-6-4-2;1-10(15-14(19)5-20-7-22-15)16(25,6-24-9-21-8-23-24)12-3-2-11(17)4-13(12)18/h23-24,27H,3-22,25-26H2,1-2H3,(H,32,33);2-5,7-10,25H,6H2,1H3/b24-23+;/t;10-,16?/m.0/s1. The van der Waals surface area contributed by atoms with E-state index < -0.39 is 59.0 Å². The Balaban J connectivity index is 0.000000479. The van der Waals surface area contributed by atoms with Gasteiger partial charge in [-0.05, 0) is 18.9 Å². The van der Waals surface area contributed by atoms with Gasteiger partial charge in [-0.1, -0.05) is 130 Å². The minimum atomic E-state index is -1.96. The Labute approximate surface area is 375 Å². The van der Waals surface area contributed by atoms with Crippen LogP contribution in [0, 0.1) is 17.5 Å². The van der Waals surface area contributed by atoms with E-state index in [0.717, 1.165) is 69.3 Å². The molecule has 0 aliphatic carbocycles. The second-order valence-corrected chi connectivity index (χ2v) is 15.9. The first-order valence-corrected chi connectivity index (χ1v) is 22.7. The molecule has 0 saturated carbocycles. The minimum absolute atomic E-state index is 0.0960. The van der Waals surface area contributed by atoms with Gasteiger partial charge in [-0.3, -0.25) is 9.59 Å². The number of halogens is 3. The Bertz CT molecular complexity index is 1780. The van der Waals surface area contributed by atoms with E-state index in [0.29, 0.717) is 12.1 Å². The molecule has 2 heterocycles. The number of hydrogen-bond acceptors (Lipinski definition) is 12. The van der Waals surface area contributed by atoms with Gasteiger partial charge >= 0.3 is 23.9 Å². The molecule has 0 radical (unpaired) electrons. The van der Waals surface area contributed by atoms with Gasteiger partial charge in [-0.2, -0.15) is 5.10 Å². The van der Waals surface area contributed by atoms with E-state index in [1.807, 2.05) is 0 Å². The number of aliphatic carboxylic acids is 1. The molecule has 0 bridgehead atoms. The molecule has 356 valence electrons. The predicted octanol–water partition coefficient (Wildman–Crippen LogP) is 9.64. The number of carbonyl (C=O) groups is 4. The van der Waals surface area contributed by atoms with Crippen LogP contribution in [0.1, 0.15) is 166 Å². The van der Waals surface area contributed by atoms with E-state index >= 15 is 0 Å². The number of esters is 3. The summed E-state index contributed by atoms with van der Waals surface area (Å²) in [5.74, 6) is -6.47. The fourth-order valence-corrected chi connectivity index (χ4v) is 6.86. The topological polar surface area (TPSA) is 193 Å². The third kappa shape index (κ3) is 22.9. The van der Waals surface area contributed by atoms with E-state index in [1.54, 1.807) is 0 Å². The zero-order valence-electron chi connectivity index (χ0n) is 37.7. The summed E-state index contributed by atoms with van der Waals surface area (Å²) in [6.45, 7) is 5.15. The summed E-state index contributed by atoms with van der Waals surface area (Å²) in [6.07, 6.45) is 26.1. The van der Waals surface area contributed by atoms with Gasteiger partial charge in [-0.15, -0.1) is 0 Å². The van der Waals surface area contributed by atoms with E-state index in [1.165, 1.54) is 101 Å². The average molecular weight is 904 g/mol. The van der Waals surface area contributed by atoms with Crippen molar-refractivity contribution in [1.82, 2.24) is 24.7 Å². The molecule has 2 N–H and O–H groups in total. The monoisotopic (exact) mass is 903 g/mol. The van der Waals surface area contributed by atoms with Gasteiger partial charge in [0, 0.05) is 42.5 Å². The molecule has 14 nitrogen and oxygen atoms in total. The molecule has 0 spiro atoms. The van der Waals surface area contributed by atoms with Crippen molar-refractivity contribution in [3.63, 3.8) is 0 Å². The quantitative estimate of drug-likeness (QED) is 0.0261. The number of rotatable bonds is 32. The molecule has 3 rings (SSSR count). The molecule has 3 aromatic rings. The number of unbranched alkanes of at least 4 members (excludes halogenated alkanes) is 16. The number of carboxylic acids is 1. The molecule has 0 amide bonds. The number of ether oxygens (including phenoxy) is 3. The maximum absolute atomic E-state index is 14.4. The lowest BCUT2D eigenvalue weighted by atomic mass is 9.79. The second kappa shape index (κ2) is 32.5. The lowest BCUT2D eigenvalue weighted by molar-refractivity contribution is -0.163. The molecule has 64 heavy (non-hydrogen) atoms. The zero-order valence-corrected chi connectivity index (χ0v) is 37.7. The van der Waals surface area contributed by atoms with Crippen LogP contribution in [-0.2, 0) is 45.5 Å². The fraction of sp³-hybridized carbons (Fsp3) is 0.617. The van der Waals surface area contributed by atoms with Gasteiger partial charge in [0.05, 0.1) is 18.4 Å². The van der Waals surface area contributed by atoms with Crippen LogP contribution < -0.4 is 0 Å². The summed E-state index contributed by atoms with van der Waals surface area (Å²) in [5.41, 5.74) is -2.25. The summed E-state index contributed by atoms with van der Waals surface area (Å²) in [6, 6.07) is 2.80. The van der Waals surface area contributed by atoms with Crippen molar-refractivity contribution in [2.45, 2.75) is 173 Å². The molecule has 17 heteroatoms. The van der Waals surface area contributed by atoms with Crippen molar-refractivity contribution in [3.8, 4) is 0 Å². The molecular weight excluding hydrogens is 836 g/mol. The zero-order chi connectivity index (χ0) is 47.0. The largest absolute Gasteiger partial charge is 0.478 e. The summed E-state index contributed by atoms with van der Waals surface area (Å²) in [4.78, 5) is 58.0. The average Bonchev–Trinajstić information content (AvgIpc) is 3.78. The summed E-state index contributed by atoms with van der Waals surface area (Å²) in [7, 11) is 0. The highest BCUT2D eigenvalue weighted by molar-refractivity contribution is 5.90. The van der Waals surface area contributed by atoms with E-state index in [9.17, 15) is 37.5 Å². The number of carboxylic acid groups (broad SMARTS) is 1. The molecule has 1 aromatic carbocycles. The molecule has 0 saturated heterocycles. The van der Waals surface area contributed by atoms with Gasteiger partial charge in [-0.25, -0.2) is 42.4 Å². The van der Waals surface area contributed by atoms with E-state index in [4.69, 9.17) is 19.3 Å². The summed E-state index contributed by atoms with van der Waals surface area (Å²) in [5, 5.41) is 23.9. The number of hydrogen-bond donors (Lipinski definition) is 2. The highest BCUT2D eigenvalue weighted by atomic mass is 19.1. The Morgan fingerprint density at radius 2 is 1.27 bits per heavy atom. The van der Waals surface area contributed by atoms with Crippen molar-refractivity contribution in [2.75, 3.05) is 13.2 Å². The Morgan fingerprint density at radius 1 is 0.734 bits per heavy atom. The fourth-order valence-electron chi connectivity index (χ4n) is 6.86. The first kappa shape index (κ1) is 54.9. The van der Waals surface area contributed by atoms with Gasteiger partial charge in [0.1, 0.15) is 49.4 Å². The molecule has 2 aromatic heterocycles. The smallest absolute Gasteiger partial charge is 0.331 e. The highest BCUT2D eigenvalue weighted by Gasteiger charge is 2.41. The number of nitrogens with zero attached hydrogens (tertiary/aromatic N) is 5. The molecule has 1 unspecified atom stereocenters. The summed E-state index contributed by atoms with van der Waals surface area (Å²) < 4.78 is 58.7. The Morgan fingerprint density at radius 3 is 1.73 bits per heavy atom. The van der Waals surface area contributed by atoms with Crippen LogP contribution in [0.4, 0.5) is 13.2 Å². The first-order valence-electron chi connectivity index (χ1n) is 22.7. The lowest BCUT2D eigenvalue weighted by Crippen LogP contribution is -2.39. The molecule has 0 fully saturated rings. The lowest BCUT2D eigenvalue weighted by Gasteiger charge is -2.34. The van der Waals surface area contributed by atoms with Crippen LogP contribution in [0.2, 0.25) is 0 Å². The maximum atomic E-state index is 14.4. The van der Waals surface area contributed by atoms with E-state index in [-0.39, 0.29) is 43.9 Å². The molecule has 0 aliphatic heterocycles. The minimum Gasteiger partial charge on any atom is -0.478 e. The van der Waals surface area contributed by atoms with Crippen LogP contribution >= 0.6 is 0 Å². The van der Waals surface area contributed by atoms with Crippen molar-refractivity contribution < 1.29 is 56.8 Å². The Hall–Kier alpha value is -5.19. The maximum Gasteiger partial charge on any atom is 0.331 e. The van der Waals surface area contributed by atoms with Gasteiger partial charge < -0.3 is 24.4 Å². The number of benzene rings is 1. The number of carbonyl (C=O) groups excluding carboxylic acids is 3. The van der Waals surface area contributed by atoms with Crippen molar-refractivity contribution in [3.05, 3.63) is 84.2 Å². The van der Waals surface area contributed by atoms with Gasteiger partial charge in [0.15, 0.2) is 11.9 Å². The molecule has 0 aliphatic rings.